The number of nitrogens with zero attached hydrogens (tertiary/aromatic N) is 1. The van der Waals surface area contributed by atoms with Crippen LogP contribution >= 0.6 is 0 Å². The molecule has 2 aliphatic rings. The smallest absolute Gasteiger partial charge is 0.410 e. The first kappa shape index (κ1) is 12.2. The fourth-order valence-corrected chi connectivity index (χ4v) is 3.20. The van der Waals surface area contributed by atoms with E-state index >= 15 is 0 Å². The van der Waals surface area contributed by atoms with E-state index in [0.29, 0.717) is 12.5 Å². The van der Waals surface area contributed by atoms with E-state index in [0.717, 1.165) is 19.3 Å². The average molecular weight is 241 g/mol. The number of rotatable bonds is 1. The number of hydrogen-bond acceptors (Lipinski definition) is 4. The van der Waals surface area contributed by atoms with Crippen molar-refractivity contribution < 1.29 is 19.1 Å². The number of carbonyl (C=O) groups excluding carboxylic acids is 2. The maximum absolute atomic E-state index is 11.8. The van der Waals surface area contributed by atoms with E-state index in [1.165, 1.54) is 25.5 Å². The van der Waals surface area contributed by atoms with Crippen molar-refractivity contribution in [3.8, 4) is 0 Å². The first-order valence-electron chi connectivity index (χ1n) is 6.11. The maximum atomic E-state index is 11.8. The Labute approximate surface area is 101 Å². The molecule has 0 aromatic rings. The van der Waals surface area contributed by atoms with Crippen LogP contribution in [-0.2, 0) is 14.3 Å². The molecule has 0 aromatic carbocycles. The lowest BCUT2D eigenvalue weighted by Crippen LogP contribution is -2.44. The lowest BCUT2D eigenvalue weighted by molar-refractivity contribution is -0.147. The van der Waals surface area contributed by atoms with Gasteiger partial charge in [0, 0.05) is 6.54 Å². The first-order chi connectivity index (χ1) is 8.19. The number of amides is 1. The summed E-state index contributed by atoms with van der Waals surface area (Å²) in [6.07, 6.45) is 3.98. The van der Waals surface area contributed by atoms with Gasteiger partial charge in [0.05, 0.1) is 14.2 Å². The third-order valence-electron chi connectivity index (χ3n) is 3.99. The fourth-order valence-electron chi connectivity index (χ4n) is 3.20. The summed E-state index contributed by atoms with van der Waals surface area (Å²) in [6, 6.07) is -0.447. The predicted octanol–water partition coefficient (Wildman–Crippen LogP) is 1.42. The van der Waals surface area contributed by atoms with Crippen LogP contribution in [0.1, 0.15) is 25.7 Å². The van der Waals surface area contributed by atoms with Crippen LogP contribution < -0.4 is 0 Å². The van der Waals surface area contributed by atoms with Crippen LogP contribution in [-0.4, -0.2) is 43.8 Å². The van der Waals surface area contributed by atoms with Gasteiger partial charge in [-0.05, 0) is 24.7 Å². The Balaban J connectivity index is 2.20. The molecule has 1 amide bonds. The van der Waals surface area contributed by atoms with Crippen LogP contribution in [0.25, 0.3) is 0 Å². The number of esters is 1. The molecule has 2 fully saturated rings. The Morgan fingerprint density at radius 3 is 2.47 bits per heavy atom. The normalized spacial score (nSPS) is 31.9. The molecule has 0 bridgehead atoms. The standard InChI is InChI=1S/C12H19NO4/c1-16-11(14)10-9-6-4-3-5-8(9)7-13(10)12(15)17-2/h8-10H,3-7H2,1-2H3/t8-,9-,10+/m0/s1. The molecule has 17 heavy (non-hydrogen) atoms. The fraction of sp³-hybridized carbons (Fsp3) is 0.833. The lowest BCUT2D eigenvalue weighted by atomic mass is 9.78. The zero-order valence-electron chi connectivity index (χ0n) is 10.3. The molecule has 5 heteroatoms. The molecule has 1 heterocycles. The Morgan fingerprint density at radius 1 is 1.12 bits per heavy atom. The molecule has 1 saturated carbocycles. The van der Waals surface area contributed by atoms with Crippen molar-refractivity contribution in [3.05, 3.63) is 0 Å². The van der Waals surface area contributed by atoms with E-state index in [9.17, 15) is 9.59 Å². The predicted molar refractivity (Wildman–Crippen MR) is 60.4 cm³/mol. The molecular formula is C12H19NO4. The van der Waals surface area contributed by atoms with Crippen LogP contribution in [0.4, 0.5) is 4.79 Å². The van der Waals surface area contributed by atoms with E-state index < -0.39 is 12.1 Å². The highest BCUT2D eigenvalue weighted by atomic mass is 16.5. The second kappa shape index (κ2) is 4.94. The van der Waals surface area contributed by atoms with Gasteiger partial charge in [-0.15, -0.1) is 0 Å². The molecule has 1 aliphatic heterocycles. The number of carbonyl (C=O) groups is 2. The van der Waals surface area contributed by atoms with Crippen molar-refractivity contribution in [1.82, 2.24) is 4.90 Å². The molecule has 96 valence electrons. The van der Waals surface area contributed by atoms with Crippen LogP contribution in [0.3, 0.4) is 0 Å². The SMILES string of the molecule is COC(=O)[C@H]1[C@H]2CCCC[C@H]2CN1C(=O)OC. The number of fused-ring (bicyclic) bond motifs is 1. The number of ether oxygens (including phenoxy) is 2. The second-order valence-electron chi connectivity index (χ2n) is 4.80. The molecule has 5 nitrogen and oxygen atoms in total. The summed E-state index contributed by atoms with van der Waals surface area (Å²) >= 11 is 0. The summed E-state index contributed by atoms with van der Waals surface area (Å²) < 4.78 is 9.56. The van der Waals surface area contributed by atoms with Gasteiger partial charge >= 0.3 is 12.1 Å². The van der Waals surface area contributed by atoms with Gasteiger partial charge in [-0.1, -0.05) is 12.8 Å². The number of likely N-dealkylation sites (tertiary alicyclic amines) is 1. The third-order valence-corrected chi connectivity index (χ3v) is 3.99. The van der Waals surface area contributed by atoms with Crippen LogP contribution in [0, 0.1) is 11.8 Å². The Morgan fingerprint density at radius 2 is 1.82 bits per heavy atom. The summed E-state index contributed by atoms with van der Waals surface area (Å²) in [5, 5.41) is 0. The van der Waals surface area contributed by atoms with E-state index in [1.807, 2.05) is 0 Å². The van der Waals surface area contributed by atoms with Gasteiger partial charge in [0.25, 0.3) is 0 Å². The van der Waals surface area contributed by atoms with E-state index in [1.54, 1.807) is 0 Å². The number of methoxy groups -OCH3 is 2. The molecule has 3 atom stereocenters. The van der Waals surface area contributed by atoms with E-state index in [2.05, 4.69) is 0 Å². The van der Waals surface area contributed by atoms with Gasteiger partial charge in [-0.2, -0.15) is 0 Å². The quantitative estimate of drug-likeness (QED) is 0.651. The molecule has 0 N–H and O–H groups in total. The summed E-state index contributed by atoms with van der Waals surface area (Å²) in [4.78, 5) is 25.0. The zero-order chi connectivity index (χ0) is 12.4. The molecule has 0 radical (unpaired) electrons. The summed E-state index contributed by atoms with van der Waals surface area (Å²) in [6.45, 7) is 0.622. The van der Waals surface area contributed by atoms with Gasteiger partial charge in [0.1, 0.15) is 6.04 Å². The van der Waals surface area contributed by atoms with Crippen molar-refractivity contribution in [1.29, 1.82) is 0 Å². The molecular weight excluding hydrogens is 222 g/mol. The van der Waals surface area contributed by atoms with Gasteiger partial charge in [0.15, 0.2) is 0 Å². The third kappa shape index (κ3) is 2.10. The molecule has 0 spiro atoms. The van der Waals surface area contributed by atoms with E-state index in [-0.39, 0.29) is 11.9 Å². The zero-order valence-corrected chi connectivity index (χ0v) is 10.3. The minimum atomic E-state index is -0.447. The number of hydrogen-bond donors (Lipinski definition) is 0. The minimum absolute atomic E-state index is 0.246. The van der Waals surface area contributed by atoms with E-state index in [4.69, 9.17) is 9.47 Å². The molecule has 2 rings (SSSR count). The minimum Gasteiger partial charge on any atom is -0.467 e. The van der Waals surface area contributed by atoms with Gasteiger partial charge in [0.2, 0.25) is 0 Å². The molecule has 0 unspecified atom stereocenters. The van der Waals surface area contributed by atoms with Crippen LogP contribution in [0.15, 0.2) is 0 Å². The maximum Gasteiger partial charge on any atom is 0.410 e. The highest BCUT2D eigenvalue weighted by Gasteiger charge is 2.49. The largest absolute Gasteiger partial charge is 0.467 e. The van der Waals surface area contributed by atoms with Crippen molar-refractivity contribution in [3.63, 3.8) is 0 Å². The first-order valence-corrected chi connectivity index (χ1v) is 6.11. The van der Waals surface area contributed by atoms with Gasteiger partial charge < -0.3 is 9.47 Å². The Hall–Kier alpha value is -1.26. The van der Waals surface area contributed by atoms with Crippen molar-refractivity contribution in [2.75, 3.05) is 20.8 Å². The lowest BCUT2D eigenvalue weighted by Gasteiger charge is -2.27. The van der Waals surface area contributed by atoms with Gasteiger partial charge in [-0.3, -0.25) is 4.90 Å². The Kier molecular flexibility index (Phi) is 3.54. The molecule has 0 aromatic heterocycles. The Bertz CT molecular complexity index is 318. The van der Waals surface area contributed by atoms with Crippen molar-refractivity contribution in [2.24, 2.45) is 11.8 Å². The van der Waals surface area contributed by atoms with Crippen molar-refractivity contribution in [2.45, 2.75) is 31.7 Å². The second-order valence-corrected chi connectivity index (χ2v) is 4.80. The topological polar surface area (TPSA) is 55.8 Å². The summed E-state index contributed by atoms with van der Waals surface area (Å²) in [5.41, 5.74) is 0. The van der Waals surface area contributed by atoms with Crippen molar-refractivity contribution >= 4 is 12.1 Å². The molecule has 1 saturated heterocycles. The monoisotopic (exact) mass is 241 g/mol. The average Bonchev–Trinajstić information content (AvgIpc) is 2.76. The van der Waals surface area contributed by atoms with Crippen LogP contribution in [0.5, 0.6) is 0 Å². The summed E-state index contributed by atoms with van der Waals surface area (Å²) in [7, 11) is 2.71. The van der Waals surface area contributed by atoms with Crippen LogP contribution in [0.2, 0.25) is 0 Å². The highest BCUT2D eigenvalue weighted by molar-refractivity contribution is 5.82. The van der Waals surface area contributed by atoms with Gasteiger partial charge in [-0.25, -0.2) is 9.59 Å². The summed E-state index contributed by atoms with van der Waals surface area (Å²) in [5.74, 6) is 0.354. The molecule has 1 aliphatic carbocycles. The highest BCUT2D eigenvalue weighted by Crippen LogP contribution is 2.41.